The molecule has 3 amide bonds. The predicted octanol–water partition coefficient (Wildman–Crippen LogP) is 3.30. The Morgan fingerprint density at radius 3 is 2.87 bits per heavy atom. The number of hydrogen-bond donors (Lipinski definition) is 1. The maximum Gasteiger partial charge on any atom is 0.254 e. The van der Waals surface area contributed by atoms with Gasteiger partial charge in [0.05, 0.1) is 5.02 Å². The van der Waals surface area contributed by atoms with E-state index in [9.17, 15) is 18.8 Å². The molecular weight excluding hydrogens is 413 g/mol. The fourth-order valence-electron chi connectivity index (χ4n) is 3.88. The van der Waals surface area contributed by atoms with E-state index in [-0.39, 0.29) is 35.7 Å². The molecule has 0 bridgehead atoms. The molecule has 3 heterocycles. The van der Waals surface area contributed by atoms with Crippen molar-refractivity contribution in [1.82, 2.24) is 15.2 Å². The first-order chi connectivity index (χ1) is 14.4. The summed E-state index contributed by atoms with van der Waals surface area (Å²) in [6.45, 7) is 0.560. The van der Waals surface area contributed by atoms with Crippen molar-refractivity contribution >= 4 is 40.4 Å². The normalized spacial score (nSPS) is 18.6. The number of nitrogens with zero attached hydrogens (tertiary/aromatic N) is 2. The smallest absolute Gasteiger partial charge is 0.254 e. The number of carbonyl (C=O) groups excluding carboxylic acids is 3. The molecule has 9 heteroatoms. The zero-order valence-corrected chi connectivity index (χ0v) is 16.3. The lowest BCUT2D eigenvalue weighted by Gasteiger charge is -2.17. The first kappa shape index (κ1) is 18.7. The average molecular weight is 428 g/mol. The molecule has 30 heavy (non-hydrogen) atoms. The number of benzene rings is 2. The second-order valence-corrected chi connectivity index (χ2v) is 7.78. The van der Waals surface area contributed by atoms with Gasteiger partial charge in [0.2, 0.25) is 17.7 Å². The SMILES string of the molecule is O=C1CCC(c2nc3ccc(C(=O)N4Cc5ccc(F)c(Cl)c5C4)cc3o2)C(=O)N1. The van der Waals surface area contributed by atoms with E-state index in [0.717, 1.165) is 5.56 Å². The van der Waals surface area contributed by atoms with Crippen molar-refractivity contribution in [3.63, 3.8) is 0 Å². The van der Waals surface area contributed by atoms with Crippen molar-refractivity contribution in [2.24, 2.45) is 0 Å². The van der Waals surface area contributed by atoms with E-state index in [2.05, 4.69) is 10.3 Å². The number of hydrogen-bond acceptors (Lipinski definition) is 5. The van der Waals surface area contributed by atoms with E-state index in [4.69, 9.17) is 16.0 Å². The van der Waals surface area contributed by atoms with Crippen LogP contribution in [0.15, 0.2) is 34.7 Å². The molecule has 1 fully saturated rings. The highest BCUT2D eigenvalue weighted by molar-refractivity contribution is 6.31. The van der Waals surface area contributed by atoms with Crippen LogP contribution in [0.25, 0.3) is 11.1 Å². The van der Waals surface area contributed by atoms with Crippen LogP contribution in [0.4, 0.5) is 4.39 Å². The summed E-state index contributed by atoms with van der Waals surface area (Å²) >= 11 is 6.04. The van der Waals surface area contributed by atoms with Crippen molar-refractivity contribution in [2.45, 2.75) is 31.8 Å². The Morgan fingerprint density at radius 1 is 1.23 bits per heavy atom. The Kier molecular flexibility index (Phi) is 4.32. The molecule has 1 unspecified atom stereocenters. The van der Waals surface area contributed by atoms with Gasteiger partial charge in [-0.1, -0.05) is 17.7 Å². The number of amides is 3. The van der Waals surface area contributed by atoms with E-state index >= 15 is 0 Å². The third-order valence-corrected chi connectivity index (χ3v) is 5.89. The average Bonchev–Trinajstić information content (AvgIpc) is 3.34. The number of rotatable bonds is 2. The van der Waals surface area contributed by atoms with Gasteiger partial charge in [-0.15, -0.1) is 0 Å². The highest BCUT2D eigenvalue weighted by Gasteiger charge is 2.32. The maximum atomic E-state index is 13.7. The molecule has 0 aliphatic carbocycles. The number of fused-ring (bicyclic) bond motifs is 2. The van der Waals surface area contributed by atoms with Crippen LogP contribution in [-0.2, 0) is 22.7 Å². The molecule has 0 spiro atoms. The van der Waals surface area contributed by atoms with Gasteiger partial charge < -0.3 is 9.32 Å². The summed E-state index contributed by atoms with van der Waals surface area (Å²) in [5.74, 6) is -1.92. The van der Waals surface area contributed by atoms with E-state index in [1.54, 1.807) is 29.2 Å². The van der Waals surface area contributed by atoms with Crippen LogP contribution in [-0.4, -0.2) is 27.6 Å². The lowest BCUT2D eigenvalue weighted by Crippen LogP contribution is -2.39. The zero-order chi connectivity index (χ0) is 21.0. The summed E-state index contributed by atoms with van der Waals surface area (Å²) in [7, 11) is 0. The number of imide groups is 1. The molecule has 5 rings (SSSR count). The molecule has 1 atom stereocenters. The molecule has 1 aromatic heterocycles. The van der Waals surface area contributed by atoms with Gasteiger partial charge >= 0.3 is 0 Å². The molecule has 2 aliphatic heterocycles. The summed E-state index contributed by atoms with van der Waals surface area (Å²) in [5, 5.41) is 2.32. The minimum Gasteiger partial charge on any atom is -0.440 e. The molecule has 7 nitrogen and oxygen atoms in total. The van der Waals surface area contributed by atoms with Crippen molar-refractivity contribution in [1.29, 1.82) is 0 Å². The van der Waals surface area contributed by atoms with E-state index in [0.29, 0.717) is 35.2 Å². The predicted molar refractivity (Wildman–Crippen MR) is 104 cm³/mol. The second-order valence-electron chi connectivity index (χ2n) is 7.40. The highest BCUT2D eigenvalue weighted by Crippen LogP contribution is 2.33. The zero-order valence-electron chi connectivity index (χ0n) is 15.6. The molecule has 2 aliphatic rings. The van der Waals surface area contributed by atoms with Crippen LogP contribution in [0.1, 0.15) is 46.1 Å². The maximum absolute atomic E-state index is 13.7. The third-order valence-electron chi connectivity index (χ3n) is 5.48. The van der Waals surface area contributed by atoms with E-state index in [1.165, 1.54) is 6.07 Å². The monoisotopic (exact) mass is 427 g/mol. The fraction of sp³-hybridized carbons (Fsp3) is 0.238. The Bertz CT molecular complexity index is 1240. The lowest BCUT2D eigenvalue weighted by molar-refractivity contribution is -0.134. The van der Waals surface area contributed by atoms with Gasteiger partial charge in [0.25, 0.3) is 5.91 Å². The summed E-state index contributed by atoms with van der Waals surface area (Å²) in [6.07, 6.45) is 0.546. The van der Waals surface area contributed by atoms with Crippen molar-refractivity contribution in [2.75, 3.05) is 0 Å². The number of carbonyl (C=O) groups is 3. The lowest BCUT2D eigenvalue weighted by atomic mass is 9.98. The van der Waals surface area contributed by atoms with Crippen molar-refractivity contribution in [3.8, 4) is 0 Å². The van der Waals surface area contributed by atoms with E-state index < -0.39 is 17.6 Å². The molecule has 2 aromatic carbocycles. The second kappa shape index (κ2) is 6.91. The van der Waals surface area contributed by atoms with Gasteiger partial charge in [0.15, 0.2) is 5.58 Å². The highest BCUT2D eigenvalue weighted by atomic mass is 35.5. The van der Waals surface area contributed by atoms with Crippen LogP contribution >= 0.6 is 11.6 Å². The summed E-state index contributed by atoms with van der Waals surface area (Å²) in [4.78, 5) is 42.3. The number of aromatic nitrogens is 1. The van der Waals surface area contributed by atoms with Crippen molar-refractivity contribution < 1.29 is 23.2 Å². The van der Waals surface area contributed by atoms with Gasteiger partial charge in [-0.3, -0.25) is 19.7 Å². The minimum absolute atomic E-state index is 0.0439. The summed E-state index contributed by atoms with van der Waals surface area (Å²) in [6, 6.07) is 7.79. The van der Waals surface area contributed by atoms with Gasteiger partial charge in [0.1, 0.15) is 17.3 Å². The van der Waals surface area contributed by atoms with E-state index in [1.807, 2.05) is 0 Å². The Hall–Kier alpha value is -3.26. The largest absolute Gasteiger partial charge is 0.440 e. The molecule has 152 valence electrons. The van der Waals surface area contributed by atoms with Crippen LogP contribution in [0.3, 0.4) is 0 Å². The first-order valence-electron chi connectivity index (χ1n) is 9.40. The summed E-state index contributed by atoms with van der Waals surface area (Å²) in [5.41, 5.74) is 2.71. The fourth-order valence-corrected chi connectivity index (χ4v) is 4.13. The minimum atomic E-state index is -0.639. The number of nitrogens with one attached hydrogen (secondary N) is 1. The molecule has 0 radical (unpaired) electrons. The molecule has 0 saturated carbocycles. The third kappa shape index (κ3) is 3.04. The van der Waals surface area contributed by atoms with Gasteiger partial charge in [0, 0.05) is 25.1 Å². The van der Waals surface area contributed by atoms with Crippen LogP contribution in [0.2, 0.25) is 5.02 Å². The molecular formula is C21H15ClFN3O4. The molecule has 3 aromatic rings. The molecule has 1 N–H and O–H groups in total. The van der Waals surface area contributed by atoms with Gasteiger partial charge in [-0.25, -0.2) is 9.37 Å². The Labute approximate surface area is 174 Å². The van der Waals surface area contributed by atoms with Gasteiger partial charge in [-0.05, 0) is 41.8 Å². The topological polar surface area (TPSA) is 92.5 Å². The standard InChI is InChI=1S/C21H15ClFN3O4/c22-18-13-9-26(8-11(13)1-4-14(18)23)21(29)10-2-5-15-16(7-10)30-20(24-15)12-3-6-17(27)25-19(12)28/h1-2,4-5,7,12H,3,6,8-9H2,(H,25,27,28). The van der Waals surface area contributed by atoms with Crippen molar-refractivity contribution in [3.05, 3.63) is 63.8 Å². The Balaban J connectivity index is 1.40. The van der Waals surface area contributed by atoms with Crippen LogP contribution < -0.4 is 5.32 Å². The van der Waals surface area contributed by atoms with Gasteiger partial charge in [-0.2, -0.15) is 0 Å². The van der Waals surface area contributed by atoms with Crippen LogP contribution in [0, 0.1) is 5.82 Å². The number of halogens is 2. The molecule has 1 saturated heterocycles. The quantitative estimate of drug-likeness (QED) is 0.633. The number of piperidine rings is 1. The first-order valence-corrected chi connectivity index (χ1v) is 9.77. The summed E-state index contributed by atoms with van der Waals surface area (Å²) < 4.78 is 19.4. The van der Waals surface area contributed by atoms with Crippen LogP contribution in [0.5, 0.6) is 0 Å². The Morgan fingerprint density at radius 2 is 2.07 bits per heavy atom. The number of oxazole rings is 1.